The molecule has 4 heteroatoms. The average Bonchev–Trinajstić information content (AvgIpc) is 2.83. The van der Waals surface area contributed by atoms with Gasteiger partial charge in [-0.05, 0) is 58.0 Å². The second-order valence-electron chi connectivity index (χ2n) is 6.80. The van der Waals surface area contributed by atoms with E-state index in [2.05, 4.69) is 43.0 Å². The third-order valence-corrected chi connectivity index (χ3v) is 5.63. The van der Waals surface area contributed by atoms with Gasteiger partial charge >= 0.3 is 0 Å². The zero-order chi connectivity index (χ0) is 15.2. The molecule has 0 aliphatic heterocycles. The number of hydrogen-bond acceptors (Lipinski definition) is 4. The number of hydrogen-bond donors (Lipinski definition) is 1. The standard InChI is InChI=1S/C17H31N3S/c1-5-8-18-16-7-6-13(2)9-15(16)10-20(4)11-17-14(3)19-12-21-17/h12-13,15-16,18H,5-11H2,1-4H3. The van der Waals surface area contributed by atoms with Crippen LogP contribution in [-0.2, 0) is 6.54 Å². The summed E-state index contributed by atoms with van der Waals surface area (Å²) in [5.41, 5.74) is 3.16. The van der Waals surface area contributed by atoms with Crippen LogP contribution in [0.4, 0.5) is 0 Å². The Balaban J connectivity index is 1.89. The lowest BCUT2D eigenvalue weighted by atomic mass is 9.78. The van der Waals surface area contributed by atoms with Crippen molar-refractivity contribution >= 4 is 11.3 Å². The molecule has 1 aromatic rings. The van der Waals surface area contributed by atoms with Gasteiger partial charge in [0.1, 0.15) is 0 Å². The van der Waals surface area contributed by atoms with Crippen molar-refractivity contribution in [2.75, 3.05) is 20.1 Å². The normalized spacial score (nSPS) is 26.4. The van der Waals surface area contributed by atoms with Crippen molar-refractivity contribution in [3.8, 4) is 0 Å². The maximum absolute atomic E-state index is 4.36. The van der Waals surface area contributed by atoms with Gasteiger partial charge in [0.2, 0.25) is 0 Å². The van der Waals surface area contributed by atoms with E-state index in [1.807, 2.05) is 5.51 Å². The topological polar surface area (TPSA) is 28.2 Å². The van der Waals surface area contributed by atoms with Crippen LogP contribution in [0.3, 0.4) is 0 Å². The molecule has 1 saturated carbocycles. The van der Waals surface area contributed by atoms with Gasteiger partial charge < -0.3 is 10.2 Å². The van der Waals surface area contributed by atoms with Crippen molar-refractivity contribution in [1.82, 2.24) is 15.2 Å². The first-order valence-electron chi connectivity index (χ1n) is 8.41. The van der Waals surface area contributed by atoms with E-state index in [0.29, 0.717) is 6.04 Å². The number of nitrogens with one attached hydrogen (secondary N) is 1. The van der Waals surface area contributed by atoms with E-state index in [0.717, 1.165) is 24.9 Å². The Morgan fingerprint density at radius 2 is 2.24 bits per heavy atom. The molecule has 3 unspecified atom stereocenters. The third-order valence-electron chi connectivity index (χ3n) is 4.71. The maximum atomic E-state index is 4.36. The van der Waals surface area contributed by atoms with Crippen LogP contribution < -0.4 is 5.32 Å². The molecular formula is C17H31N3S. The Labute approximate surface area is 134 Å². The predicted molar refractivity (Wildman–Crippen MR) is 91.8 cm³/mol. The highest BCUT2D eigenvalue weighted by atomic mass is 32.1. The lowest BCUT2D eigenvalue weighted by molar-refractivity contribution is 0.157. The summed E-state index contributed by atoms with van der Waals surface area (Å²) < 4.78 is 0. The zero-order valence-corrected chi connectivity index (χ0v) is 14.9. The molecule has 0 aromatic carbocycles. The van der Waals surface area contributed by atoms with Crippen molar-refractivity contribution in [3.63, 3.8) is 0 Å². The van der Waals surface area contributed by atoms with E-state index in [1.54, 1.807) is 11.3 Å². The summed E-state index contributed by atoms with van der Waals surface area (Å²) in [5.74, 6) is 1.67. The number of nitrogens with zero attached hydrogens (tertiary/aromatic N) is 2. The van der Waals surface area contributed by atoms with E-state index >= 15 is 0 Å². The number of thiazole rings is 1. The molecule has 0 spiro atoms. The lowest BCUT2D eigenvalue weighted by Gasteiger charge is -2.37. The Kier molecular flexibility index (Phi) is 6.65. The average molecular weight is 310 g/mol. The minimum atomic E-state index is 0.714. The van der Waals surface area contributed by atoms with Crippen molar-refractivity contribution in [2.45, 2.75) is 59.0 Å². The molecule has 1 heterocycles. The van der Waals surface area contributed by atoms with Gasteiger partial charge in [0.25, 0.3) is 0 Å². The highest BCUT2D eigenvalue weighted by molar-refractivity contribution is 7.09. The van der Waals surface area contributed by atoms with Crippen LogP contribution in [0.15, 0.2) is 5.51 Å². The molecule has 0 saturated heterocycles. The molecule has 1 aliphatic rings. The monoisotopic (exact) mass is 309 g/mol. The minimum absolute atomic E-state index is 0.714. The van der Waals surface area contributed by atoms with Crippen molar-refractivity contribution in [1.29, 1.82) is 0 Å². The summed E-state index contributed by atoms with van der Waals surface area (Å²) in [6.07, 6.45) is 5.33. The van der Waals surface area contributed by atoms with E-state index in [4.69, 9.17) is 0 Å². The first-order chi connectivity index (χ1) is 10.1. The minimum Gasteiger partial charge on any atom is -0.314 e. The van der Waals surface area contributed by atoms with Gasteiger partial charge in [0.15, 0.2) is 0 Å². The smallest absolute Gasteiger partial charge is 0.0798 e. The summed E-state index contributed by atoms with van der Waals surface area (Å²) in [4.78, 5) is 8.27. The largest absolute Gasteiger partial charge is 0.314 e. The lowest BCUT2D eigenvalue weighted by Crippen LogP contribution is -2.45. The zero-order valence-electron chi connectivity index (χ0n) is 14.1. The molecule has 0 radical (unpaired) electrons. The molecule has 2 rings (SSSR count). The third kappa shape index (κ3) is 5.04. The molecule has 1 aliphatic carbocycles. The fraction of sp³-hybridized carbons (Fsp3) is 0.824. The van der Waals surface area contributed by atoms with Gasteiger partial charge in [-0.2, -0.15) is 0 Å². The first-order valence-corrected chi connectivity index (χ1v) is 9.29. The fourth-order valence-electron chi connectivity index (χ4n) is 3.49. The summed E-state index contributed by atoms with van der Waals surface area (Å²) in [6.45, 7) is 10.2. The van der Waals surface area contributed by atoms with Crippen LogP contribution in [0.5, 0.6) is 0 Å². The quantitative estimate of drug-likeness (QED) is 0.832. The maximum Gasteiger partial charge on any atom is 0.0798 e. The first kappa shape index (κ1) is 16.9. The highest BCUT2D eigenvalue weighted by Crippen LogP contribution is 2.30. The summed E-state index contributed by atoms with van der Waals surface area (Å²) >= 11 is 1.79. The van der Waals surface area contributed by atoms with Crippen LogP contribution in [-0.4, -0.2) is 36.1 Å². The van der Waals surface area contributed by atoms with Gasteiger partial charge in [-0.25, -0.2) is 4.98 Å². The fourth-order valence-corrected chi connectivity index (χ4v) is 4.34. The molecule has 0 amide bonds. The number of aryl methyl sites for hydroxylation is 1. The van der Waals surface area contributed by atoms with Gasteiger partial charge in [-0.3, -0.25) is 0 Å². The summed E-state index contributed by atoms with van der Waals surface area (Å²) in [5, 5.41) is 3.78. The molecule has 21 heavy (non-hydrogen) atoms. The molecule has 3 nitrogen and oxygen atoms in total. The molecule has 120 valence electrons. The summed E-state index contributed by atoms with van der Waals surface area (Å²) in [7, 11) is 2.26. The van der Waals surface area contributed by atoms with Crippen molar-refractivity contribution in [3.05, 3.63) is 16.1 Å². The number of aromatic nitrogens is 1. The van der Waals surface area contributed by atoms with Crippen LogP contribution >= 0.6 is 11.3 Å². The molecule has 1 N–H and O–H groups in total. The second kappa shape index (κ2) is 8.25. The second-order valence-corrected chi connectivity index (χ2v) is 7.74. The predicted octanol–water partition coefficient (Wildman–Crippen LogP) is 3.69. The van der Waals surface area contributed by atoms with Gasteiger partial charge in [0.05, 0.1) is 11.2 Å². The SMILES string of the molecule is CCCNC1CCC(C)CC1CN(C)Cc1scnc1C. The van der Waals surface area contributed by atoms with Crippen molar-refractivity contribution < 1.29 is 0 Å². The van der Waals surface area contributed by atoms with Crippen molar-refractivity contribution in [2.24, 2.45) is 11.8 Å². The van der Waals surface area contributed by atoms with Crippen LogP contribution in [0, 0.1) is 18.8 Å². The van der Waals surface area contributed by atoms with E-state index < -0.39 is 0 Å². The molecule has 3 atom stereocenters. The van der Waals surface area contributed by atoms with E-state index in [1.165, 1.54) is 42.8 Å². The molecule has 0 bridgehead atoms. The van der Waals surface area contributed by atoms with Gasteiger partial charge in [-0.1, -0.05) is 13.8 Å². The highest BCUT2D eigenvalue weighted by Gasteiger charge is 2.29. The van der Waals surface area contributed by atoms with Crippen LogP contribution in [0.2, 0.25) is 0 Å². The van der Waals surface area contributed by atoms with Gasteiger partial charge in [-0.15, -0.1) is 11.3 Å². The molecule has 1 aromatic heterocycles. The number of rotatable bonds is 7. The van der Waals surface area contributed by atoms with Crippen LogP contribution in [0.1, 0.15) is 50.1 Å². The molecule has 1 fully saturated rings. The Morgan fingerprint density at radius 1 is 1.43 bits per heavy atom. The Hall–Kier alpha value is -0.450. The summed E-state index contributed by atoms with van der Waals surface area (Å²) in [6, 6.07) is 0.714. The van der Waals surface area contributed by atoms with Crippen LogP contribution in [0.25, 0.3) is 0 Å². The van der Waals surface area contributed by atoms with E-state index in [9.17, 15) is 0 Å². The van der Waals surface area contributed by atoms with Gasteiger partial charge in [0, 0.05) is 24.0 Å². The van der Waals surface area contributed by atoms with E-state index in [-0.39, 0.29) is 0 Å². The molecular weight excluding hydrogens is 278 g/mol. The Morgan fingerprint density at radius 3 is 2.90 bits per heavy atom. The Bertz CT molecular complexity index is 416.